The van der Waals surface area contributed by atoms with Crippen LogP contribution in [-0.2, 0) is 0 Å². The number of hydrogen-bond acceptors (Lipinski definition) is 2. The molecule has 3 heteroatoms. The van der Waals surface area contributed by atoms with Gasteiger partial charge in [-0.3, -0.25) is 0 Å². The Bertz CT molecular complexity index is 81.1. The highest BCUT2D eigenvalue weighted by Gasteiger charge is 2.19. The standard InChI is InChI=1S/C6H12FNO/c7-6(9)5-2-1-3-8-4-5/h5-6,8-9H,1-4H2. The average molecular weight is 133 g/mol. The Kier molecular flexibility index (Phi) is 2.42. The Hall–Kier alpha value is -0.150. The Labute approximate surface area is 54.1 Å². The molecule has 1 heterocycles. The van der Waals surface area contributed by atoms with Crippen molar-refractivity contribution in [1.82, 2.24) is 5.32 Å². The summed E-state index contributed by atoms with van der Waals surface area (Å²) in [5, 5.41) is 11.5. The van der Waals surface area contributed by atoms with Gasteiger partial charge >= 0.3 is 0 Å². The van der Waals surface area contributed by atoms with Crippen molar-refractivity contribution >= 4 is 0 Å². The monoisotopic (exact) mass is 133 g/mol. The molecule has 9 heavy (non-hydrogen) atoms. The first-order chi connectivity index (χ1) is 4.30. The normalized spacial score (nSPS) is 32.0. The van der Waals surface area contributed by atoms with E-state index in [4.69, 9.17) is 5.11 Å². The maximum absolute atomic E-state index is 12.1. The van der Waals surface area contributed by atoms with Gasteiger partial charge in [-0.25, -0.2) is 4.39 Å². The summed E-state index contributed by atoms with van der Waals surface area (Å²) in [6.07, 6.45) is 0.161. The molecule has 0 bridgehead atoms. The van der Waals surface area contributed by atoms with E-state index in [1.807, 2.05) is 0 Å². The zero-order valence-electron chi connectivity index (χ0n) is 5.31. The van der Waals surface area contributed by atoms with E-state index in [0.29, 0.717) is 6.54 Å². The first-order valence-corrected chi connectivity index (χ1v) is 3.33. The van der Waals surface area contributed by atoms with Crippen LogP contribution >= 0.6 is 0 Å². The third-order valence-corrected chi connectivity index (χ3v) is 1.72. The molecule has 0 radical (unpaired) electrons. The van der Waals surface area contributed by atoms with Crippen LogP contribution in [0.2, 0.25) is 0 Å². The molecule has 1 fully saturated rings. The van der Waals surface area contributed by atoms with Gasteiger partial charge in [0.05, 0.1) is 0 Å². The Morgan fingerprint density at radius 1 is 1.67 bits per heavy atom. The molecule has 0 aromatic rings. The minimum absolute atomic E-state index is 0.168. The number of rotatable bonds is 1. The highest BCUT2D eigenvalue weighted by molar-refractivity contribution is 4.69. The molecular weight excluding hydrogens is 121 g/mol. The second kappa shape index (κ2) is 3.13. The molecule has 54 valence electrons. The molecule has 0 saturated carbocycles. The summed E-state index contributed by atoms with van der Waals surface area (Å²) in [4.78, 5) is 0. The van der Waals surface area contributed by atoms with Gasteiger partial charge in [0.1, 0.15) is 0 Å². The average Bonchev–Trinajstić information content (AvgIpc) is 1.90. The molecule has 2 N–H and O–H groups in total. The number of nitrogens with one attached hydrogen (secondary N) is 1. The fourth-order valence-electron chi connectivity index (χ4n) is 1.11. The summed E-state index contributed by atoms with van der Waals surface area (Å²) in [5.74, 6) is -0.168. The molecule has 0 aromatic heterocycles. The molecule has 2 nitrogen and oxygen atoms in total. The number of aliphatic hydroxyl groups is 1. The summed E-state index contributed by atoms with van der Waals surface area (Å²) in [6.45, 7) is 1.58. The zero-order valence-corrected chi connectivity index (χ0v) is 5.31. The summed E-state index contributed by atoms with van der Waals surface area (Å²) < 4.78 is 12.1. The molecule has 1 rings (SSSR count). The van der Waals surface area contributed by atoms with Gasteiger partial charge in [0.2, 0.25) is 0 Å². The van der Waals surface area contributed by atoms with E-state index >= 15 is 0 Å². The summed E-state index contributed by atoms with van der Waals surface area (Å²) in [7, 11) is 0. The number of alkyl halides is 1. The number of aliphatic hydroxyl groups excluding tert-OH is 1. The van der Waals surface area contributed by atoms with Crippen LogP contribution in [0.5, 0.6) is 0 Å². The highest BCUT2D eigenvalue weighted by Crippen LogP contribution is 2.14. The van der Waals surface area contributed by atoms with Crippen molar-refractivity contribution < 1.29 is 9.50 Å². The summed E-state index contributed by atoms with van der Waals surface area (Å²) >= 11 is 0. The first kappa shape index (κ1) is 6.96. The quantitative estimate of drug-likeness (QED) is 0.538. The van der Waals surface area contributed by atoms with Crippen molar-refractivity contribution in [2.24, 2.45) is 5.92 Å². The third kappa shape index (κ3) is 1.91. The van der Waals surface area contributed by atoms with Gasteiger partial charge in [0.15, 0.2) is 6.36 Å². The van der Waals surface area contributed by atoms with Gasteiger partial charge in [0, 0.05) is 12.5 Å². The van der Waals surface area contributed by atoms with E-state index in [2.05, 4.69) is 5.32 Å². The number of piperidine rings is 1. The predicted molar refractivity (Wildman–Crippen MR) is 32.7 cm³/mol. The SMILES string of the molecule is OC(F)C1CCCNC1. The van der Waals surface area contributed by atoms with Crippen molar-refractivity contribution in [1.29, 1.82) is 0 Å². The van der Waals surface area contributed by atoms with Gasteiger partial charge < -0.3 is 10.4 Å². The van der Waals surface area contributed by atoms with Gasteiger partial charge in [-0.15, -0.1) is 0 Å². The van der Waals surface area contributed by atoms with E-state index in [0.717, 1.165) is 19.4 Å². The van der Waals surface area contributed by atoms with Gasteiger partial charge in [-0.1, -0.05) is 0 Å². The number of hydrogen-bond donors (Lipinski definition) is 2. The van der Waals surface area contributed by atoms with Crippen molar-refractivity contribution in [3.05, 3.63) is 0 Å². The smallest absolute Gasteiger partial charge is 0.200 e. The van der Waals surface area contributed by atoms with Crippen molar-refractivity contribution in [2.45, 2.75) is 19.2 Å². The van der Waals surface area contributed by atoms with Gasteiger partial charge in [-0.05, 0) is 19.4 Å². The second-order valence-corrected chi connectivity index (χ2v) is 2.48. The topological polar surface area (TPSA) is 32.3 Å². The highest BCUT2D eigenvalue weighted by atomic mass is 19.1. The Morgan fingerprint density at radius 3 is 2.78 bits per heavy atom. The van der Waals surface area contributed by atoms with E-state index in [-0.39, 0.29) is 5.92 Å². The van der Waals surface area contributed by atoms with Crippen LogP contribution in [-0.4, -0.2) is 24.6 Å². The van der Waals surface area contributed by atoms with Crippen LogP contribution < -0.4 is 5.32 Å². The van der Waals surface area contributed by atoms with Gasteiger partial charge in [0.25, 0.3) is 0 Å². The van der Waals surface area contributed by atoms with E-state index in [1.165, 1.54) is 0 Å². The van der Waals surface area contributed by atoms with Gasteiger partial charge in [-0.2, -0.15) is 0 Å². The molecule has 2 unspecified atom stereocenters. The van der Waals surface area contributed by atoms with Crippen molar-refractivity contribution in [3.8, 4) is 0 Å². The van der Waals surface area contributed by atoms with Crippen LogP contribution in [0.15, 0.2) is 0 Å². The zero-order chi connectivity index (χ0) is 6.69. The maximum Gasteiger partial charge on any atom is 0.200 e. The second-order valence-electron chi connectivity index (χ2n) is 2.48. The third-order valence-electron chi connectivity index (χ3n) is 1.72. The van der Waals surface area contributed by atoms with E-state index in [1.54, 1.807) is 0 Å². The lowest BCUT2D eigenvalue weighted by molar-refractivity contribution is -0.0193. The van der Waals surface area contributed by atoms with Crippen LogP contribution in [0.1, 0.15) is 12.8 Å². The maximum atomic E-state index is 12.1. The molecule has 1 saturated heterocycles. The molecule has 0 amide bonds. The predicted octanol–water partition coefficient (Wildman–Crippen LogP) is 0.274. The fourth-order valence-corrected chi connectivity index (χ4v) is 1.11. The van der Waals surface area contributed by atoms with E-state index in [9.17, 15) is 4.39 Å². The van der Waals surface area contributed by atoms with Crippen LogP contribution in [0, 0.1) is 5.92 Å². The Morgan fingerprint density at radius 2 is 2.44 bits per heavy atom. The first-order valence-electron chi connectivity index (χ1n) is 3.33. The van der Waals surface area contributed by atoms with Crippen LogP contribution in [0.4, 0.5) is 4.39 Å². The fraction of sp³-hybridized carbons (Fsp3) is 1.00. The summed E-state index contributed by atoms with van der Waals surface area (Å²) in [6, 6.07) is 0. The lowest BCUT2D eigenvalue weighted by atomic mass is 10.0. The number of halogens is 1. The Balaban J connectivity index is 2.23. The molecule has 1 aliphatic heterocycles. The molecule has 0 aromatic carbocycles. The molecule has 2 atom stereocenters. The molecule has 0 spiro atoms. The lowest BCUT2D eigenvalue weighted by Crippen LogP contribution is -2.34. The molecular formula is C6H12FNO. The minimum atomic E-state index is -1.63. The molecule has 0 aliphatic carbocycles. The summed E-state index contributed by atoms with van der Waals surface area (Å²) in [5.41, 5.74) is 0. The molecule has 1 aliphatic rings. The minimum Gasteiger partial charge on any atom is -0.364 e. The largest absolute Gasteiger partial charge is 0.364 e. The van der Waals surface area contributed by atoms with Crippen molar-refractivity contribution in [3.63, 3.8) is 0 Å². The van der Waals surface area contributed by atoms with E-state index < -0.39 is 6.36 Å². The van der Waals surface area contributed by atoms with Crippen LogP contribution in [0.25, 0.3) is 0 Å². The van der Waals surface area contributed by atoms with Crippen molar-refractivity contribution in [2.75, 3.05) is 13.1 Å². The van der Waals surface area contributed by atoms with Crippen LogP contribution in [0.3, 0.4) is 0 Å². The lowest BCUT2D eigenvalue weighted by Gasteiger charge is -2.22.